The molecule has 0 unspecified atom stereocenters. The third-order valence-corrected chi connectivity index (χ3v) is 4.98. The highest BCUT2D eigenvalue weighted by Crippen LogP contribution is 2.25. The standard InChI is InChI=1S/C25H26N2O4/c1-17(19-9-7-18(16-26)8-10-19)27-25(30)23-15-22(31-21-5-3-2-4-6-21)13-11-20(23)12-14-24(28)29/h2-11,13,15,17H,12,14,16,26H2,1H3,(H,27,30)(H,28,29)/t17-/m1/s1. The van der Waals surface area contributed by atoms with E-state index < -0.39 is 5.97 Å². The van der Waals surface area contributed by atoms with Crippen molar-refractivity contribution in [3.05, 3.63) is 95.1 Å². The first kappa shape index (κ1) is 22.1. The van der Waals surface area contributed by atoms with Gasteiger partial charge in [0.05, 0.1) is 6.04 Å². The van der Waals surface area contributed by atoms with Gasteiger partial charge in [0.25, 0.3) is 5.91 Å². The average molecular weight is 418 g/mol. The summed E-state index contributed by atoms with van der Waals surface area (Å²) >= 11 is 0. The van der Waals surface area contributed by atoms with Crippen LogP contribution in [0.1, 0.15) is 46.4 Å². The summed E-state index contributed by atoms with van der Waals surface area (Å²) in [4.78, 5) is 24.1. The summed E-state index contributed by atoms with van der Waals surface area (Å²) in [5, 5.41) is 12.1. The van der Waals surface area contributed by atoms with E-state index in [2.05, 4.69) is 5.32 Å². The first-order valence-electron chi connectivity index (χ1n) is 10.1. The molecule has 4 N–H and O–H groups in total. The lowest BCUT2D eigenvalue weighted by Gasteiger charge is -2.17. The van der Waals surface area contributed by atoms with Crippen molar-refractivity contribution < 1.29 is 19.4 Å². The number of hydrogen-bond donors (Lipinski definition) is 3. The number of para-hydroxylation sites is 1. The zero-order chi connectivity index (χ0) is 22.2. The molecule has 0 heterocycles. The molecule has 0 aliphatic heterocycles. The molecule has 0 aliphatic rings. The Kier molecular flexibility index (Phi) is 7.40. The molecule has 6 heteroatoms. The second-order valence-electron chi connectivity index (χ2n) is 7.27. The molecule has 1 amide bonds. The summed E-state index contributed by atoms with van der Waals surface area (Å²) in [6.07, 6.45) is 0.193. The lowest BCUT2D eigenvalue weighted by molar-refractivity contribution is -0.136. The van der Waals surface area contributed by atoms with Gasteiger partial charge in [-0.05, 0) is 54.3 Å². The number of carboxylic acids is 1. The maximum atomic E-state index is 13.1. The lowest BCUT2D eigenvalue weighted by atomic mass is 10.0. The number of aryl methyl sites for hydroxylation is 1. The summed E-state index contributed by atoms with van der Waals surface area (Å²) in [5.41, 5.74) is 8.68. The van der Waals surface area contributed by atoms with E-state index in [1.807, 2.05) is 61.5 Å². The molecule has 3 aromatic rings. The molecule has 3 rings (SSSR count). The van der Waals surface area contributed by atoms with E-state index in [0.717, 1.165) is 11.1 Å². The Morgan fingerprint density at radius 3 is 2.35 bits per heavy atom. The van der Waals surface area contributed by atoms with Crippen LogP contribution in [-0.2, 0) is 17.8 Å². The van der Waals surface area contributed by atoms with Crippen LogP contribution in [0, 0.1) is 0 Å². The molecule has 0 aromatic heterocycles. The van der Waals surface area contributed by atoms with Crippen molar-refractivity contribution in [3.63, 3.8) is 0 Å². The molecular formula is C25H26N2O4. The van der Waals surface area contributed by atoms with Gasteiger partial charge in [-0.1, -0.05) is 48.5 Å². The van der Waals surface area contributed by atoms with Crippen LogP contribution < -0.4 is 15.8 Å². The van der Waals surface area contributed by atoms with E-state index in [0.29, 0.717) is 29.2 Å². The second kappa shape index (κ2) is 10.4. The zero-order valence-electron chi connectivity index (χ0n) is 17.4. The summed E-state index contributed by atoms with van der Waals surface area (Å²) < 4.78 is 5.86. The number of amides is 1. The molecule has 6 nitrogen and oxygen atoms in total. The molecule has 0 bridgehead atoms. The Morgan fingerprint density at radius 1 is 1.00 bits per heavy atom. The van der Waals surface area contributed by atoms with Crippen LogP contribution in [0.5, 0.6) is 11.5 Å². The van der Waals surface area contributed by atoms with Crippen LogP contribution in [0.3, 0.4) is 0 Å². The topological polar surface area (TPSA) is 102 Å². The van der Waals surface area contributed by atoms with E-state index >= 15 is 0 Å². The molecule has 3 aromatic carbocycles. The van der Waals surface area contributed by atoms with Crippen molar-refractivity contribution in [2.75, 3.05) is 0 Å². The van der Waals surface area contributed by atoms with Crippen LogP contribution in [0.25, 0.3) is 0 Å². The molecule has 0 aliphatic carbocycles. The van der Waals surface area contributed by atoms with Crippen LogP contribution in [0.4, 0.5) is 0 Å². The smallest absolute Gasteiger partial charge is 0.303 e. The van der Waals surface area contributed by atoms with Crippen LogP contribution in [0.15, 0.2) is 72.8 Å². The zero-order valence-corrected chi connectivity index (χ0v) is 17.4. The number of carbonyl (C=O) groups excluding carboxylic acids is 1. The molecule has 0 saturated heterocycles. The molecule has 0 spiro atoms. The number of nitrogens with one attached hydrogen (secondary N) is 1. The van der Waals surface area contributed by atoms with Gasteiger partial charge in [0.15, 0.2) is 0 Å². The SMILES string of the molecule is C[C@@H](NC(=O)c1cc(Oc2ccccc2)ccc1CCC(=O)O)c1ccc(CN)cc1. The van der Waals surface area contributed by atoms with E-state index in [-0.39, 0.29) is 24.8 Å². The van der Waals surface area contributed by atoms with Crippen molar-refractivity contribution in [2.45, 2.75) is 32.4 Å². The van der Waals surface area contributed by atoms with Gasteiger partial charge in [0.2, 0.25) is 0 Å². The van der Waals surface area contributed by atoms with E-state index in [4.69, 9.17) is 15.6 Å². The minimum Gasteiger partial charge on any atom is -0.481 e. The summed E-state index contributed by atoms with van der Waals surface area (Å²) in [5.74, 6) is -0.0329. The first-order chi connectivity index (χ1) is 15.0. The number of rotatable bonds is 9. The van der Waals surface area contributed by atoms with Crippen molar-refractivity contribution in [3.8, 4) is 11.5 Å². The maximum absolute atomic E-state index is 13.1. The van der Waals surface area contributed by atoms with Gasteiger partial charge in [-0.25, -0.2) is 0 Å². The normalized spacial score (nSPS) is 11.5. The Hall–Kier alpha value is -3.64. The molecule has 1 atom stereocenters. The summed E-state index contributed by atoms with van der Waals surface area (Å²) in [7, 11) is 0. The Morgan fingerprint density at radius 2 is 1.71 bits per heavy atom. The van der Waals surface area contributed by atoms with E-state index in [9.17, 15) is 9.59 Å². The third kappa shape index (κ3) is 6.17. The largest absolute Gasteiger partial charge is 0.481 e. The molecule has 160 valence electrons. The van der Waals surface area contributed by atoms with Crippen molar-refractivity contribution in [1.82, 2.24) is 5.32 Å². The van der Waals surface area contributed by atoms with Gasteiger partial charge in [-0.2, -0.15) is 0 Å². The maximum Gasteiger partial charge on any atom is 0.303 e. The van der Waals surface area contributed by atoms with Crippen molar-refractivity contribution >= 4 is 11.9 Å². The fourth-order valence-corrected chi connectivity index (χ4v) is 3.21. The molecule has 0 radical (unpaired) electrons. The number of carbonyl (C=O) groups is 2. The monoisotopic (exact) mass is 418 g/mol. The first-order valence-corrected chi connectivity index (χ1v) is 10.1. The molecule has 31 heavy (non-hydrogen) atoms. The van der Waals surface area contributed by atoms with Crippen molar-refractivity contribution in [2.24, 2.45) is 5.73 Å². The van der Waals surface area contributed by atoms with Gasteiger partial charge >= 0.3 is 5.97 Å². The highest BCUT2D eigenvalue weighted by Gasteiger charge is 2.17. The highest BCUT2D eigenvalue weighted by atomic mass is 16.5. The number of nitrogens with two attached hydrogens (primary N) is 1. The lowest BCUT2D eigenvalue weighted by Crippen LogP contribution is -2.27. The van der Waals surface area contributed by atoms with Crippen LogP contribution in [-0.4, -0.2) is 17.0 Å². The predicted molar refractivity (Wildman–Crippen MR) is 119 cm³/mol. The number of carboxylic acid groups (broad SMARTS) is 1. The summed E-state index contributed by atoms with van der Waals surface area (Å²) in [6.45, 7) is 2.36. The molecule has 0 fully saturated rings. The minimum atomic E-state index is -0.913. The fourth-order valence-electron chi connectivity index (χ4n) is 3.21. The van der Waals surface area contributed by atoms with Gasteiger partial charge in [0, 0.05) is 18.5 Å². The van der Waals surface area contributed by atoms with Crippen LogP contribution >= 0.6 is 0 Å². The number of hydrogen-bond acceptors (Lipinski definition) is 4. The van der Waals surface area contributed by atoms with Gasteiger partial charge in [-0.3, -0.25) is 9.59 Å². The Balaban J connectivity index is 1.82. The highest BCUT2D eigenvalue weighted by molar-refractivity contribution is 5.96. The summed E-state index contributed by atoms with van der Waals surface area (Å²) in [6, 6.07) is 21.9. The quantitative estimate of drug-likeness (QED) is 0.477. The minimum absolute atomic E-state index is 0.0602. The Labute approximate surface area is 181 Å². The van der Waals surface area contributed by atoms with E-state index in [1.165, 1.54) is 0 Å². The average Bonchev–Trinajstić information content (AvgIpc) is 2.78. The van der Waals surface area contributed by atoms with Crippen molar-refractivity contribution in [1.29, 1.82) is 0 Å². The molecular weight excluding hydrogens is 392 g/mol. The number of ether oxygens (including phenoxy) is 1. The van der Waals surface area contributed by atoms with Gasteiger partial charge in [-0.15, -0.1) is 0 Å². The number of benzene rings is 3. The van der Waals surface area contributed by atoms with E-state index in [1.54, 1.807) is 18.2 Å². The van der Waals surface area contributed by atoms with Gasteiger partial charge < -0.3 is 20.9 Å². The van der Waals surface area contributed by atoms with Crippen LogP contribution in [0.2, 0.25) is 0 Å². The van der Waals surface area contributed by atoms with Gasteiger partial charge in [0.1, 0.15) is 11.5 Å². The second-order valence-corrected chi connectivity index (χ2v) is 7.27. The Bertz CT molecular complexity index is 1030. The fraction of sp³-hybridized carbons (Fsp3) is 0.200. The molecule has 0 saturated carbocycles. The predicted octanol–water partition coefficient (Wildman–Crippen LogP) is 4.45. The number of aliphatic carboxylic acids is 1. The third-order valence-electron chi connectivity index (χ3n) is 4.98.